The maximum Gasteiger partial charge on any atom is 0.279 e. The Morgan fingerprint density at radius 1 is 1.23 bits per heavy atom. The van der Waals surface area contributed by atoms with E-state index in [1.54, 1.807) is 12.4 Å². The van der Waals surface area contributed by atoms with Gasteiger partial charge in [0.2, 0.25) is 0 Å². The molecule has 2 N–H and O–H groups in total. The van der Waals surface area contributed by atoms with Gasteiger partial charge in [-0.05, 0) is 54.5 Å². The maximum atomic E-state index is 12.5. The Bertz CT molecular complexity index is 1110. The van der Waals surface area contributed by atoms with Gasteiger partial charge in [0.15, 0.2) is 0 Å². The third-order valence-corrected chi connectivity index (χ3v) is 7.21. The molecule has 3 atom stereocenters. The summed E-state index contributed by atoms with van der Waals surface area (Å²) in [4.78, 5) is 21.5. The van der Waals surface area contributed by atoms with Crippen molar-refractivity contribution < 1.29 is 14.3 Å². The van der Waals surface area contributed by atoms with Gasteiger partial charge in [0.25, 0.3) is 11.1 Å². The smallest absolute Gasteiger partial charge is 0.279 e. The lowest BCUT2D eigenvalue weighted by atomic mass is 9.98. The molecular weight excluding hydrogens is 412 g/mol. The van der Waals surface area contributed by atoms with E-state index in [4.69, 9.17) is 9.47 Å². The number of piperidine rings is 1. The molecule has 3 aliphatic rings. The number of ether oxygens (including phenoxy) is 2. The number of benzene rings is 1. The first-order chi connectivity index (χ1) is 15.2. The summed E-state index contributed by atoms with van der Waals surface area (Å²) < 4.78 is 12.1. The quantitative estimate of drug-likeness (QED) is 0.641. The molecule has 1 saturated carbocycles. The summed E-state index contributed by atoms with van der Waals surface area (Å²) in [6.45, 7) is 2.00. The second-order valence-electron chi connectivity index (χ2n) is 8.28. The molecule has 4 heterocycles. The molecule has 0 radical (unpaired) electrons. The van der Waals surface area contributed by atoms with Crippen molar-refractivity contribution in [3.8, 4) is 16.7 Å². The average Bonchev–Trinajstić information content (AvgIpc) is 3.19. The van der Waals surface area contributed by atoms with Crippen LogP contribution in [0, 0.1) is 11.8 Å². The molecule has 2 aromatic heterocycles. The van der Waals surface area contributed by atoms with Crippen LogP contribution in [-0.2, 0) is 6.42 Å². The SMILES string of the molecule is O=C(NC1C2CNCC21)c1cnc(Oc2ccc3c(c2)CCC(c2cccnc2)O3)s1. The molecule has 1 saturated heterocycles. The van der Waals surface area contributed by atoms with E-state index in [0.717, 1.165) is 42.8 Å². The van der Waals surface area contributed by atoms with E-state index in [0.29, 0.717) is 33.7 Å². The molecule has 31 heavy (non-hydrogen) atoms. The van der Waals surface area contributed by atoms with Crippen LogP contribution < -0.4 is 20.1 Å². The van der Waals surface area contributed by atoms with Crippen LogP contribution in [0.5, 0.6) is 16.7 Å². The highest BCUT2D eigenvalue weighted by Crippen LogP contribution is 2.42. The highest BCUT2D eigenvalue weighted by atomic mass is 32.1. The standard InChI is InChI=1S/C23H22N4O3S/c28-22(27-21-16-10-25-11-17(16)21)20-12-26-23(31-20)29-15-4-6-18-13(8-15)3-5-19(30-18)14-2-1-7-24-9-14/h1-2,4,6-9,12,16-17,19,21,25H,3,5,10-11H2,(H,27,28). The van der Waals surface area contributed by atoms with Gasteiger partial charge in [0.1, 0.15) is 22.5 Å². The number of rotatable bonds is 5. The number of hydrogen-bond acceptors (Lipinski definition) is 7. The minimum Gasteiger partial charge on any atom is -0.485 e. The van der Waals surface area contributed by atoms with Gasteiger partial charge in [-0.2, -0.15) is 0 Å². The molecule has 1 amide bonds. The van der Waals surface area contributed by atoms with Crippen LogP contribution in [0.1, 0.15) is 33.3 Å². The molecule has 0 spiro atoms. The number of nitrogens with zero attached hydrogens (tertiary/aromatic N) is 2. The van der Waals surface area contributed by atoms with Crippen molar-refractivity contribution >= 4 is 17.2 Å². The monoisotopic (exact) mass is 434 g/mol. The maximum absolute atomic E-state index is 12.5. The third-order valence-electron chi connectivity index (χ3n) is 6.34. The van der Waals surface area contributed by atoms with E-state index in [1.165, 1.54) is 11.3 Å². The number of carbonyl (C=O) groups is 1. The molecule has 7 nitrogen and oxygen atoms in total. The Kier molecular flexibility index (Phi) is 4.61. The Hall–Kier alpha value is -2.97. The van der Waals surface area contributed by atoms with Crippen molar-refractivity contribution in [3.63, 3.8) is 0 Å². The molecule has 3 unspecified atom stereocenters. The average molecular weight is 435 g/mol. The first-order valence-electron chi connectivity index (χ1n) is 10.6. The van der Waals surface area contributed by atoms with Crippen molar-refractivity contribution in [1.29, 1.82) is 0 Å². The molecule has 158 valence electrons. The largest absolute Gasteiger partial charge is 0.485 e. The van der Waals surface area contributed by atoms with Crippen molar-refractivity contribution in [3.05, 3.63) is 64.9 Å². The summed E-state index contributed by atoms with van der Waals surface area (Å²) in [6, 6.07) is 10.1. The van der Waals surface area contributed by atoms with E-state index in [2.05, 4.69) is 20.6 Å². The molecule has 6 rings (SSSR count). The Morgan fingerprint density at radius 2 is 2.13 bits per heavy atom. The second kappa shape index (κ2) is 7.62. The van der Waals surface area contributed by atoms with Crippen LogP contribution >= 0.6 is 11.3 Å². The summed E-state index contributed by atoms with van der Waals surface area (Å²) in [7, 11) is 0. The summed E-state index contributed by atoms with van der Waals surface area (Å²) >= 11 is 1.27. The molecular formula is C23H22N4O3S. The van der Waals surface area contributed by atoms with Gasteiger partial charge >= 0.3 is 0 Å². The lowest BCUT2D eigenvalue weighted by Crippen LogP contribution is -2.32. The highest BCUT2D eigenvalue weighted by Gasteiger charge is 2.53. The van der Waals surface area contributed by atoms with E-state index < -0.39 is 0 Å². The minimum atomic E-state index is -0.0629. The zero-order valence-electron chi connectivity index (χ0n) is 16.8. The van der Waals surface area contributed by atoms with Gasteiger partial charge in [-0.15, -0.1) is 0 Å². The molecule has 8 heteroatoms. The van der Waals surface area contributed by atoms with Crippen LogP contribution in [-0.4, -0.2) is 35.0 Å². The zero-order valence-corrected chi connectivity index (χ0v) is 17.6. The predicted octanol–water partition coefficient (Wildman–Crippen LogP) is 3.34. The number of amides is 1. The zero-order chi connectivity index (χ0) is 20.8. The van der Waals surface area contributed by atoms with Crippen LogP contribution in [0.2, 0.25) is 0 Å². The lowest BCUT2D eigenvalue weighted by molar-refractivity contribution is 0.0950. The van der Waals surface area contributed by atoms with Gasteiger partial charge in [-0.1, -0.05) is 17.4 Å². The van der Waals surface area contributed by atoms with Crippen molar-refractivity contribution in [1.82, 2.24) is 20.6 Å². The van der Waals surface area contributed by atoms with Crippen LogP contribution in [0.25, 0.3) is 0 Å². The first kappa shape index (κ1) is 18.8. The number of aryl methyl sites for hydroxylation is 1. The second-order valence-corrected chi connectivity index (χ2v) is 9.27. The predicted molar refractivity (Wildman–Crippen MR) is 116 cm³/mol. The summed E-state index contributed by atoms with van der Waals surface area (Å²) in [5.41, 5.74) is 2.20. The first-order valence-corrected chi connectivity index (χ1v) is 11.4. The topological polar surface area (TPSA) is 85.4 Å². The van der Waals surface area contributed by atoms with Gasteiger partial charge in [0, 0.05) is 37.1 Å². The van der Waals surface area contributed by atoms with Crippen molar-refractivity contribution in [2.45, 2.75) is 25.0 Å². The summed E-state index contributed by atoms with van der Waals surface area (Å²) in [6.07, 6.45) is 7.03. The molecule has 1 aliphatic carbocycles. The van der Waals surface area contributed by atoms with E-state index in [1.807, 2.05) is 36.5 Å². The van der Waals surface area contributed by atoms with E-state index >= 15 is 0 Å². The molecule has 3 aromatic rings. The minimum absolute atomic E-state index is 0.0229. The molecule has 1 aromatic carbocycles. The number of hydrogen-bond donors (Lipinski definition) is 2. The lowest BCUT2D eigenvalue weighted by Gasteiger charge is -2.26. The number of pyridine rings is 1. The summed E-state index contributed by atoms with van der Waals surface area (Å²) in [5.74, 6) is 2.68. The molecule has 2 aliphatic heterocycles. The normalized spacial score (nSPS) is 25.8. The number of fused-ring (bicyclic) bond motifs is 2. The van der Waals surface area contributed by atoms with Gasteiger partial charge in [-0.25, -0.2) is 4.98 Å². The van der Waals surface area contributed by atoms with E-state index in [9.17, 15) is 4.79 Å². The van der Waals surface area contributed by atoms with Crippen molar-refractivity contribution in [2.75, 3.05) is 13.1 Å². The fraction of sp³-hybridized carbons (Fsp3) is 0.348. The fourth-order valence-electron chi connectivity index (χ4n) is 4.60. The van der Waals surface area contributed by atoms with Gasteiger partial charge < -0.3 is 20.1 Å². The van der Waals surface area contributed by atoms with Gasteiger partial charge in [-0.3, -0.25) is 9.78 Å². The number of nitrogens with one attached hydrogen (secondary N) is 2. The number of carbonyl (C=O) groups excluding carboxylic acids is 1. The Morgan fingerprint density at radius 3 is 2.97 bits per heavy atom. The third kappa shape index (κ3) is 3.66. The van der Waals surface area contributed by atoms with Crippen LogP contribution in [0.3, 0.4) is 0 Å². The Balaban J connectivity index is 1.10. The highest BCUT2D eigenvalue weighted by molar-refractivity contribution is 7.15. The molecule has 2 fully saturated rings. The fourth-order valence-corrected chi connectivity index (χ4v) is 5.28. The number of thiazole rings is 1. The Labute approximate surface area is 183 Å². The van der Waals surface area contributed by atoms with Crippen LogP contribution in [0.15, 0.2) is 48.9 Å². The summed E-state index contributed by atoms with van der Waals surface area (Å²) in [5, 5.41) is 6.92. The van der Waals surface area contributed by atoms with E-state index in [-0.39, 0.29) is 12.0 Å². The van der Waals surface area contributed by atoms with Crippen molar-refractivity contribution in [2.24, 2.45) is 11.8 Å². The molecule has 0 bridgehead atoms. The van der Waals surface area contributed by atoms with Crippen LogP contribution in [0.4, 0.5) is 0 Å². The van der Waals surface area contributed by atoms with Gasteiger partial charge in [0.05, 0.1) is 6.20 Å². The number of aromatic nitrogens is 2.